The molecule has 3 rings (SSSR count). The van der Waals surface area contributed by atoms with Gasteiger partial charge in [-0.05, 0) is 23.6 Å². The number of hydrogen-bond donors (Lipinski definition) is 4. The minimum atomic E-state index is -0.554. The van der Waals surface area contributed by atoms with Gasteiger partial charge < -0.3 is 20.8 Å². The van der Waals surface area contributed by atoms with E-state index in [4.69, 9.17) is 0 Å². The number of carbonyl (C=O) groups is 1. The van der Waals surface area contributed by atoms with Crippen LogP contribution in [0.1, 0.15) is 18.0 Å². The van der Waals surface area contributed by atoms with Gasteiger partial charge in [0, 0.05) is 12.1 Å². The van der Waals surface area contributed by atoms with Crippen molar-refractivity contribution in [1.29, 1.82) is 0 Å². The van der Waals surface area contributed by atoms with E-state index in [0.29, 0.717) is 18.5 Å². The van der Waals surface area contributed by atoms with Crippen molar-refractivity contribution in [3.8, 4) is 11.1 Å². The van der Waals surface area contributed by atoms with Gasteiger partial charge in [-0.1, -0.05) is 42.5 Å². The van der Waals surface area contributed by atoms with E-state index in [1.54, 1.807) is 42.5 Å². The first-order chi connectivity index (χ1) is 12.1. The second-order valence-electron chi connectivity index (χ2n) is 6.20. The Bertz CT molecular complexity index is 736. The SMILES string of the molecule is O=C(N[C@@H](CO)c1ccc(-c2ccccc2F)cc1)[C@@H]1C[C@@H](O)CN1. The molecule has 0 aromatic heterocycles. The molecule has 1 aliphatic heterocycles. The summed E-state index contributed by atoms with van der Waals surface area (Å²) in [6.45, 7) is 0.138. The lowest BCUT2D eigenvalue weighted by atomic mass is 10.0. The second kappa shape index (κ2) is 7.74. The van der Waals surface area contributed by atoms with E-state index in [2.05, 4.69) is 10.6 Å². The predicted molar refractivity (Wildman–Crippen MR) is 92.2 cm³/mol. The molecule has 1 heterocycles. The molecule has 0 aliphatic carbocycles. The summed E-state index contributed by atoms with van der Waals surface area (Å²) in [5.41, 5.74) is 1.96. The van der Waals surface area contributed by atoms with Gasteiger partial charge >= 0.3 is 0 Å². The molecule has 1 aliphatic rings. The number of benzene rings is 2. The number of nitrogens with one attached hydrogen (secondary N) is 2. The maximum atomic E-state index is 13.9. The van der Waals surface area contributed by atoms with Gasteiger partial charge in [0.05, 0.1) is 24.8 Å². The summed E-state index contributed by atoms with van der Waals surface area (Å²) in [4.78, 5) is 12.2. The molecule has 2 aromatic carbocycles. The monoisotopic (exact) mass is 344 g/mol. The summed E-state index contributed by atoms with van der Waals surface area (Å²) in [5, 5.41) is 24.8. The summed E-state index contributed by atoms with van der Waals surface area (Å²) in [5.74, 6) is -0.554. The fourth-order valence-electron chi connectivity index (χ4n) is 3.01. The molecule has 4 N–H and O–H groups in total. The Morgan fingerprint density at radius 2 is 1.96 bits per heavy atom. The van der Waals surface area contributed by atoms with Crippen LogP contribution in [0.2, 0.25) is 0 Å². The largest absolute Gasteiger partial charge is 0.394 e. The average Bonchev–Trinajstić information content (AvgIpc) is 3.07. The molecular formula is C19H21FN2O3. The Hall–Kier alpha value is -2.28. The highest BCUT2D eigenvalue weighted by atomic mass is 19.1. The van der Waals surface area contributed by atoms with Crippen LogP contribution in [0.5, 0.6) is 0 Å². The molecular weight excluding hydrogens is 323 g/mol. The summed E-state index contributed by atoms with van der Waals surface area (Å²) in [7, 11) is 0. The van der Waals surface area contributed by atoms with E-state index in [9.17, 15) is 19.4 Å². The van der Waals surface area contributed by atoms with E-state index in [0.717, 1.165) is 11.1 Å². The molecule has 0 bridgehead atoms. The molecule has 0 unspecified atom stereocenters. The van der Waals surface area contributed by atoms with Crippen LogP contribution in [0.3, 0.4) is 0 Å². The molecule has 0 spiro atoms. The van der Waals surface area contributed by atoms with Gasteiger partial charge in [0.1, 0.15) is 5.82 Å². The van der Waals surface area contributed by atoms with Crippen molar-refractivity contribution in [1.82, 2.24) is 10.6 Å². The zero-order valence-electron chi connectivity index (χ0n) is 13.7. The molecule has 1 saturated heterocycles. The van der Waals surface area contributed by atoms with Crippen LogP contribution in [0, 0.1) is 5.82 Å². The molecule has 1 amide bonds. The number of carbonyl (C=O) groups excluding carboxylic acids is 1. The van der Waals surface area contributed by atoms with Gasteiger partial charge in [-0.2, -0.15) is 0 Å². The molecule has 0 radical (unpaired) electrons. The molecule has 5 nitrogen and oxygen atoms in total. The van der Waals surface area contributed by atoms with Gasteiger partial charge in [-0.15, -0.1) is 0 Å². The predicted octanol–water partition coefficient (Wildman–Crippen LogP) is 1.37. The number of β-amino-alcohol motifs (C(OH)–C–C–N with tert-alkyl or cyclic N) is 1. The molecule has 6 heteroatoms. The number of hydrogen-bond acceptors (Lipinski definition) is 4. The Morgan fingerprint density at radius 3 is 2.56 bits per heavy atom. The van der Waals surface area contributed by atoms with Crippen LogP contribution in [0.25, 0.3) is 11.1 Å². The normalized spacial score (nSPS) is 21.1. The quantitative estimate of drug-likeness (QED) is 0.660. The lowest BCUT2D eigenvalue weighted by Gasteiger charge is -2.20. The first-order valence-electron chi connectivity index (χ1n) is 8.26. The van der Waals surface area contributed by atoms with Gasteiger partial charge in [0.2, 0.25) is 5.91 Å². The van der Waals surface area contributed by atoms with Crippen LogP contribution in [0.4, 0.5) is 4.39 Å². The minimum absolute atomic E-state index is 0.250. The molecule has 2 aromatic rings. The summed E-state index contributed by atoms with van der Waals surface area (Å²) >= 11 is 0. The van der Waals surface area contributed by atoms with Crippen LogP contribution in [-0.2, 0) is 4.79 Å². The number of aliphatic hydroxyl groups is 2. The Labute approximate surface area is 145 Å². The van der Waals surface area contributed by atoms with Gasteiger partial charge in [-0.3, -0.25) is 4.79 Å². The molecule has 1 fully saturated rings. The molecule has 3 atom stereocenters. The van der Waals surface area contributed by atoms with Crippen molar-refractivity contribution < 1.29 is 19.4 Å². The van der Waals surface area contributed by atoms with E-state index in [1.165, 1.54) is 6.07 Å². The highest BCUT2D eigenvalue weighted by Gasteiger charge is 2.29. The fourth-order valence-corrected chi connectivity index (χ4v) is 3.01. The molecule has 132 valence electrons. The summed E-state index contributed by atoms with van der Waals surface area (Å²) in [6, 6.07) is 12.6. The summed E-state index contributed by atoms with van der Waals surface area (Å²) in [6.07, 6.45) is -0.167. The number of rotatable bonds is 5. The second-order valence-corrected chi connectivity index (χ2v) is 6.20. The zero-order chi connectivity index (χ0) is 17.8. The van der Waals surface area contributed by atoms with E-state index >= 15 is 0 Å². The van der Waals surface area contributed by atoms with Gasteiger partial charge in [-0.25, -0.2) is 4.39 Å². The van der Waals surface area contributed by atoms with Crippen molar-refractivity contribution in [2.24, 2.45) is 0 Å². The number of aliphatic hydroxyl groups excluding tert-OH is 2. The maximum absolute atomic E-state index is 13.9. The van der Waals surface area contributed by atoms with Crippen molar-refractivity contribution in [3.05, 3.63) is 59.9 Å². The lowest BCUT2D eigenvalue weighted by Crippen LogP contribution is -2.42. The lowest BCUT2D eigenvalue weighted by molar-refractivity contribution is -0.124. The van der Waals surface area contributed by atoms with Crippen LogP contribution in [-0.4, -0.2) is 41.4 Å². The maximum Gasteiger partial charge on any atom is 0.237 e. The number of halogens is 1. The van der Waals surface area contributed by atoms with Crippen LogP contribution >= 0.6 is 0 Å². The van der Waals surface area contributed by atoms with E-state index in [1.807, 2.05) is 0 Å². The third-order valence-electron chi connectivity index (χ3n) is 4.42. The van der Waals surface area contributed by atoms with Gasteiger partial charge in [0.25, 0.3) is 0 Å². The van der Waals surface area contributed by atoms with Crippen molar-refractivity contribution in [3.63, 3.8) is 0 Å². The first-order valence-corrected chi connectivity index (χ1v) is 8.26. The van der Waals surface area contributed by atoms with Gasteiger partial charge in [0.15, 0.2) is 0 Å². The Balaban J connectivity index is 1.71. The fraction of sp³-hybridized carbons (Fsp3) is 0.316. The third-order valence-corrected chi connectivity index (χ3v) is 4.42. The van der Waals surface area contributed by atoms with Crippen molar-refractivity contribution >= 4 is 5.91 Å². The molecule has 25 heavy (non-hydrogen) atoms. The Kier molecular flexibility index (Phi) is 5.43. The van der Waals surface area contributed by atoms with E-state index in [-0.39, 0.29) is 18.3 Å². The van der Waals surface area contributed by atoms with Crippen molar-refractivity contribution in [2.45, 2.75) is 24.6 Å². The zero-order valence-corrected chi connectivity index (χ0v) is 13.7. The summed E-state index contributed by atoms with van der Waals surface area (Å²) < 4.78 is 13.9. The van der Waals surface area contributed by atoms with Crippen molar-refractivity contribution in [2.75, 3.05) is 13.2 Å². The van der Waals surface area contributed by atoms with E-state index < -0.39 is 18.2 Å². The minimum Gasteiger partial charge on any atom is -0.394 e. The highest BCUT2D eigenvalue weighted by molar-refractivity contribution is 5.82. The number of amides is 1. The standard InChI is InChI=1S/C19H21FN2O3/c20-16-4-2-1-3-15(16)12-5-7-13(8-6-12)18(11-23)22-19(25)17-9-14(24)10-21-17/h1-8,14,17-18,21,23-24H,9-11H2,(H,22,25)/t14-,17+,18+/m1/s1. The third kappa shape index (κ3) is 4.04. The molecule has 0 saturated carbocycles. The highest BCUT2D eigenvalue weighted by Crippen LogP contribution is 2.24. The van der Waals surface area contributed by atoms with Crippen LogP contribution in [0.15, 0.2) is 48.5 Å². The van der Waals surface area contributed by atoms with Crippen LogP contribution < -0.4 is 10.6 Å². The smallest absolute Gasteiger partial charge is 0.237 e. The average molecular weight is 344 g/mol. The first kappa shape index (κ1) is 17.5. The topological polar surface area (TPSA) is 81.6 Å². The Morgan fingerprint density at radius 1 is 1.24 bits per heavy atom.